The van der Waals surface area contributed by atoms with Gasteiger partial charge in [-0.2, -0.15) is 0 Å². The third-order valence-electron chi connectivity index (χ3n) is 13.0. The zero-order valence-corrected chi connectivity index (χ0v) is 30.4. The molecule has 7 atom stereocenters. The summed E-state index contributed by atoms with van der Waals surface area (Å²) in [5.74, 6) is 0.814. The monoisotopic (exact) mass is 711 g/mol. The molecule has 4 aliphatic heterocycles. The topological polar surface area (TPSA) is 97.4 Å². The largest absolute Gasteiger partial charge is 0.490 e. The molecule has 2 aromatic rings. The van der Waals surface area contributed by atoms with Crippen LogP contribution in [0.4, 0.5) is 5.69 Å². The first-order chi connectivity index (χ1) is 23.6. The number of morpholine rings is 2. The van der Waals surface area contributed by atoms with E-state index in [1.807, 2.05) is 25.1 Å². The van der Waals surface area contributed by atoms with Gasteiger partial charge in [0.05, 0.1) is 49.0 Å². The van der Waals surface area contributed by atoms with E-state index in [0.29, 0.717) is 43.3 Å². The SMILES string of the molecule is C[C@@H]1[C@@H](C)CCC[C@]2(CN3CCOC[C@H]3CO2)[C@@H]2CC[C@H]2CN2C[C@@]3(CCCc4cc(Cl)ccc43)COc3ccc(cc32)C(=O)NS1(=O)=O. The number of fused-ring (bicyclic) bond motifs is 6. The molecule has 0 radical (unpaired) electrons. The molecule has 9 nitrogen and oxygen atoms in total. The molecule has 1 saturated carbocycles. The maximum atomic E-state index is 13.6. The summed E-state index contributed by atoms with van der Waals surface area (Å²) in [6, 6.07) is 12.0. The van der Waals surface area contributed by atoms with Crippen LogP contribution in [0, 0.1) is 17.8 Å². The first kappa shape index (κ1) is 33.8. The van der Waals surface area contributed by atoms with Gasteiger partial charge in [-0.05, 0) is 111 Å². The van der Waals surface area contributed by atoms with Crippen molar-refractivity contribution in [2.45, 2.75) is 87.5 Å². The van der Waals surface area contributed by atoms with Gasteiger partial charge in [0.15, 0.2) is 0 Å². The van der Waals surface area contributed by atoms with Gasteiger partial charge in [0.2, 0.25) is 10.0 Å². The van der Waals surface area contributed by atoms with Gasteiger partial charge in [0, 0.05) is 42.2 Å². The van der Waals surface area contributed by atoms with Gasteiger partial charge < -0.3 is 19.1 Å². The van der Waals surface area contributed by atoms with Gasteiger partial charge in [0.1, 0.15) is 5.75 Å². The second-order valence-corrected chi connectivity index (χ2v) is 18.3. The summed E-state index contributed by atoms with van der Waals surface area (Å²) in [5, 5.41) is 0.0404. The van der Waals surface area contributed by atoms with E-state index >= 15 is 0 Å². The van der Waals surface area contributed by atoms with Crippen LogP contribution >= 0.6 is 11.6 Å². The Balaban J connectivity index is 1.20. The second kappa shape index (κ2) is 13.0. The second-order valence-electron chi connectivity index (χ2n) is 15.9. The van der Waals surface area contributed by atoms with E-state index in [0.717, 1.165) is 101 Å². The molecular weight excluding hydrogens is 662 g/mol. The number of carbonyl (C=O) groups is 1. The van der Waals surface area contributed by atoms with E-state index < -0.39 is 21.2 Å². The summed E-state index contributed by atoms with van der Waals surface area (Å²) in [6.07, 6.45) is 7.79. The van der Waals surface area contributed by atoms with E-state index in [2.05, 4.69) is 26.7 Å². The number of carbonyl (C=O) groups excluding carboxylic acids is 1. The van der Waals surface area contributed by atoms with Crippen molar-refractivity contribution in [1.82, 2.24) is 9.62 Å². The van der Waals surface area contributed by atoms with E-state index in [1.54, 1.807) is 13.0 Å². The van der Waals surface area contributed by atoms with Crippen molar-refractivity contribution in [2.24, 2.45) is 17.8 Å². The van der Waals surface area contributed by atoms with E-state index in [-0.39, 0.29) is 16.9 Å². The summed E-state index contributed by atoms with van der Waals surface area (Å²) in [5.41, 5.74) is 3.23. The highest BCUT2D eigenvalue weighted by molar-refractivity contribution is 7.90. The van der Waals surface area contributed by atoms with E-state index in [1.165, 1.54) is 11.1 Å². The molecule has 4 heterocycles. The molecule has 2 saturated heterocycles. The van der Waals surface area contributed by atoms with Crippen LogP contribution in [0.5, 0.6) is 5.75 Å². The molecule has 3 fully saturated rings. The summed E-state index contributed by atoms with van der Waals surface area (Å²) in [4.78, 5) is 18.6. The van der Waals surface area contributed by atoms with Crippen molar-refractivity contribution in [3.05, 3.63) is 58.1 Å². The number of rotatable bonds is 0. The van der Waals surface area contributed by atoms with Crippen molar-refractivity contribution in [1.29, 1.82) is 0 Å². The number of sulfonamides is 1. The van der Waals surface area contributed by atoms with Crippen LogP contribution in [-0.4, -0.2) is 88.7 Å². The number of hydrogen-bond acceptors (Lipinski definition) is 8. The lowest BCUT2D eigenvalue weighted by Crippen LogP contribution is -2.65. The van der Waals surface area contributed by atoms with E-state index in [9.17, 15) is 13.2 Å². The molecular formula is C38H50ClN3O6S. The van der Waals surface area contributed by atoms with Crippen LogP contribution in [0.3, 0.4) is 0 Å². The van der Waals surface area contributed by atoms with Gasteiger partial charge >= 0.3 is 0 Å². The van der Waals surface area contributed by atoms with Crippen LogP contribution < -0.4 is 14.4 Å². The molecule has 2 spiro atoms. The summed E-state index contributed by atoms with van der Waals surface area (Å²) in [7, 11) is -3.90. The first-order valence-electron chi connectivity index (χ1n) is 18.4. The standard InChI is InChI=1S/C38H50ClN3O6S/c1-25-5-3-14-38(23-41-15-16-46-20-31(41)21-48-38)33-10-7-29(33)19-42-22-37(13-4-6-27-17-30(39)9-11-32(27)37)24-47-35-12-8-28(18-34(35)42)36(43)40-49(44,45)26(25)2/h8-9,11-12,17-18,25-26,29,31,33H,3-7,10,13-16,19-24H2,1-2H3,(H,40,43)/t25-,26+,29-,31-,33+,37-,38-/m0/s1. The first-order valence-corrected chi connectivity index (χ1v) is 20.3. The highest BCUT2D eigenvalue weighted by Gasteiger charge is 2.53. The number of aryl methyl sites for hydroxylation is 1. The Morgan fingerprint density at radius 3 is 2.71 bits per heavy atom. The predicted octanol–water partition coefficient (Wildman–Crippen LogP) is 5.58. The van der Waals surface area contributed by atoms with Gasteiger partial charge in [-0.15, -0.1) is 0 Å². The molecule has 6 aliphatic rings. The number of hydrogen-bond donors (Lipinski definition) is 1. The molecule has 8 rings (SSSR count). The van der Waals surface area contributed by atoms with Crippen molar-refractivity contribution in [3.8, 4) is 5.75 Å². The Morgan fingerprint density at radius 1 is 1.00 bits per heavy atom. The highest BCUT2D eigenvalue weighted by atomic mass is 35.5. The highest BCUT2D eigenvalue weighted by Crippen LogP contribution is 2.51. The van der Waals surface area contributed by atoms with Gasteiger partial charge in [-0.1, -0.05) is 31.0 Å². The van der Waals surface area contributed by atoms with Crippen LogP contribution in [0.25, 0.3) is 0 Å². The minimum Gasteiger partial charge on any atom is -0.490 e. The fourth-order valence-electron chi connectivity index (χ4n) is 9.83. The normalized spacial score (nSPS) is 36.3. The van der Waals surface area contributed by atoms with Crippen molar-refractivity contribution >= 4 is 33.2 Å². The van der Waals surface area contributed by atoms with Crippen molar-refractivity contribution in [2.75, 3.05) is 57.5 Å². The Labute approximate surface area is 296 Å². The average Bonchev–Trinajstić information content (AvgIpc) is 3.22. The minimum absolute atomic E-state index is 0.118. The molecule has 1 N–H and O–H groups in total. The fourth-order valence-corrected chi connectivity index (χ4v) is 11.3. The third kappa shape index (κ3) is 6.17. The lowest BCUT2D eigenvalue weighted by atomic mass is 9.62. The number of amides is 1. The lowest BCUT2D eigenvalue weighted by molar-refractivity contribution is -0.212. The molecule has 2 aromatic carbocycles. The van der Waals surface area contributed by atoms with Crippen LogP contribution in [0.1, 0.15) is 80.3 Å². The minimum atomic E-state index is -3.90. The number of nitrogens with zero attached hydrogens (tertiary/aromatic N) is 2. The van der Waals surface area contributed by atoms with Gasteiger partial charge in [0.25, 0.3) is 5.91 Å². The van der Waals surface area contributed by atoms with Crippen molar-refractivity contribution < 1.29 is 27.4 Å². The molecule has 0 aromatic heterocycles. The zero-order chi connectivity index (χ0) is 34.0. The smallest absolute Gasteiger partial charge is 0.264 e. The molecule has 49 heavy (non-hydrogen) atoms. The molecule has 11 heteroatoms. The Bertz CT molecular complexity index is 1710. The number of nitrogens with one attached hydrogen (secondary N) is 1. The molecule has 2 bridgehead atoms. The Morgan fingerprint density at radius 2 is 1.88 bits per heavy atom. The van der Waals surface area contributed by atoms with Crippen molar-refractivity contribution in [3.63, 3.8) is 0 Å². The third-order valence-corrected chi connectivity index (χ3v) is 15.2. The van der Waals surface area contributed by atoms with Crippen LogP contribution in [-0.2, 0) is 31.3 Å². The molecule has 1 amide bonds. The molecule has 0 unspecified atom stereocenters. The molecule has 2 aliphatic carbocycles. The summed E-state index contributed by atoms with van der Waals surface area (Å²) >= 11 is 6.48. The fraction of sp³-hybridized carbons (Fsp3) is 0.658. The lowest BCUT2D eigenvalue weighted by Gasteiger charge is -2.57. The number of ether oxygens (including phenoxy) is 3. The average molecular weight is 712 g/mol. The van der Waals surface area contributed by atoms with Gasteiger partial charge in [-0.3, -0.25) is 9.69 Å². The van der Waals surface area contributed by atoms with Gasteiger partial charge in [-0.25, -0.2) is 13.1 Å². The molecule has 266 valence electrons. The number of anilines is 1. The predicted molar refractivity (Wildman–Crippen MR) is 190 cm³/mol. The maximum Gasteiger partial charge on any atom is 0.264 e. The van der Waals surface area contributed by atoms with Crippen LogP contribution in [0.15, 0.2) is 36.4 Å². The Kier molecular flexibility index (Phi) is 8.95. The zero-order valence-electron chi connectivity index (χ0n) is 28.8. The summed E-state index contributed by atoms with van der Waals surface area (Å²) in [6.45, 7) is 9.74. The number of benzene rings is 2. The van der Waals surface area contributed by atoms with E-state index in [4.69, 9.17) is 25.8 Å². The van der Waals surface area contributed by atoms with Crippen LogP contribution in [0.2, 0.25) is 5.02 Å². The number of halogens is 1. The quantitative estimate of drug-likeness (QED) is 0.379. The summed E-state index contributed by atoms with van der Waals surface area (Å²) < 4.78 is 49.0. The Hall–Kier alpha value is -2.37. The maximum absolute atomic E-state index is 13.6.